The third-order valence-electron chi connectivity index (χ3n) is 2.58. The third kappa shape index (κ3) is 2.48. The lowest BCUT2D eigenvalue weighted by Gasteiger charge is -2.11. The molecule has 1 unspecified atom stereocenters. The summed E-state index contributed by atoms with van der Waals surface area (Å²) < 4.78 is 5.50. The monoisotopic (exact) mass is 192 g/mol. The van der Waals surface area contributed by atoms with Crippen molar-refractivity contribution in [1.29, 1.82) is 0 Å². The molecule has 2 nitrogen and oxygen atoms in total. The van der Waals surface area contributed by atoms with Crippen LogP contribution in [0.15, 0.2) is 24.3 Å². The van der Waals surface area contributed by atoms with Gasteiger partial charge < -0.3 is 9.84 Å². The SMILES string of the molecule is Cc1cccc(OCC(O)C2CC2)c1. The number of aliphatic hydroxyl groups excluding tert-OH is 1. The van der Waals surface area contributed by atoms with Crippen LogP contribution in [0.4, 0.5) is 0 Å². The van der Waals surface area contributed by atoms with E-state index in [4.69, 9.17) is 4.74 Å². The Kier molecular flexibility index (Phi) is 2.73. The van der Waals surface area contributed by atoms with Crippen LogP contribution in [0.1, 0.15) is 18.4 Å². The first kappa shape index (κ1) is 9.53. The first-order chi connectivity index (χ1) is 6.75. The maximum atomic E-state index is 9.59. The quantitative estimate of drug-likeness (QED) is 0.792. The van der Waals surface area contributed by atoms with Gasteiger partial charge >= 0.3 is 0 Å². The van der Waals surface area contributed by atoms with Gasteiger partial charge in [0.25, 0.3) is 0 Å². The van der Waals surface area contributed by atoms with Crippen molar-refractivity contribution in [3.8, 4) is 5.75 Å². The summed E-state index contributed by atoms with van der Waals surface area (Å²) in [6.07, 6.45) is 2.02. The molecule has 1 aromatic carbocycles. The third-order valence-corrected chi connectivity index (χ3v) is 2.58. The van der Waals surface area contributed by atoms with Crippen molar-refractivity contribution in [1.82, 2.24) is 0 Å². The molecule has 0 spiro atoms. The van der Waals surface area contributed by atoms with E-state index in [2.05, 4.69) is 0 Å². The van der Waals surface area contributed by atoms with Gasteiger partial charge in [-0.1, -0.05) is 12.1 Å². The van der Waals surface area contributed by atoms with Crippen LogP contribution in [-0.4, -0.2) is 17.8 Å². The molecule has 1 aliphatic carbocycles. The Morgan fingerprint density at radius 1 is 1.50 bits per heavy atom. The van der Waals surface area contributed by atoms with Crippen LogP contribution in [0.5, 0.6) is 5.75 Å². The fraction of sp³-hybridized carbons (Fsp3) is 0.500. The van der Waals surface area contributed by atoms with E-state index in [-0.39, 0.29) is 6.10 Å². The number of rotatable bonds is 4. The molecule has 1 fully saturated rings. The van der Waals surface area contributed by atoms with Gasteiger partial charge in [-0.15, -0.1) is 0 Å². The van der Waals surface area contributed by atoms with Gasteiger partial charge in [0.05, 0.1) is 6.10 Å². The van der Waals surface area contributed by atoms with Crippen molar-refractivity contribution in [2.75, 3.05) is 6.61 Å². The molecule has 76 valence electrons. The van der Waals surface area contributed by atoms with Gasteiger partial charge in [-0.3, -0.25) is 0 Å². The average molecular weight is 192 g/mol. The summed E-state index contributed by atoms with van der Waals surface area (Å²) in [5, 5.41) is 9.59. The Balaban J connectivity index is 1.84. The summed E-state index contributed by atoms with van der Waals surface area (Å²) in [6, 6.07) is 7.91. The number of hydrogen-bond acceptors (Lipinski definition) is 2. The lowest BCUT2D eigenvalue weighted by molar-refractivity contribution is 0.0894. The van der Waals surface area contributed by atoms with Gasteiger partial charge in [-0.2, -0.15) is 0 Å². The van der Waals surface area contributed by atoms with E-state index in [9.17, 15) is 5.11 Å². The second-order valence-electron chi connectivity index (χ2n) is 4.03. The fourth-order valence-electron chi connectivity index (χ4n) is 1.50. The molecule has 0 bridgehead atoms. The molecule has 1 saturated carbocycles. The average Bonchev–Trinajstić information content (AvgIpc) is 2.97. The maximum Gasteiger partial charge on any atom is 0.119 e. The summed E-state index contributed by atoms with van der Waals surface area (Å²) in [4.78, 5) is 0. The minimum absolute atomic E-state index is 0.282. The molecular formula is C12H16O2. The Labute approximate surface area is 84.5 Å². The second-order valence-corrected chi connectivity index (χ2v) is 4.03. The molecule has 1 aliphatic rings. The second kappa shape index (κ2) is 4.01. The first-order valence-corrected chi connectivity index (χ1v) is 5.13. The Hall–Kier alpha value is -1.02. The predicted molar refractivity (Wildman–Crippen MR) is 55.4 cm³/mol. The van der Waals surface area contributed by atoms with Crippen LogP contribution in [0.25, 0.3) is 0 Å². The normalized spacial score (nSPS) is 17.9. The molecule has 0 saturated heterocycles. The first-order valence-electron chi connectivity index (χ1n) is 5.13. The van der Waals surface area contributed by atoms with Gasteiger partial charge in [0.15, 0.2) is 0 Å². The Morgan fingerprint density at radius 3 is 2.93 bits per heavy atom. The largest absolute Gasteiger partial charge is 0.491 e. The zero-order valence-electron chi connectivity index (χ0n) is 8.44. The molecular weight excluding hydrogens is 176 g/mol. The highest BCUT2D eigenvalue weighted by molar-refractivity contribution is 5.27. The van der Waals surface area contributed by atoms with E-state index >= 15 is 0 Å². The topological polar surface area (TPSA) is 29.5 Å². The van der Waals surface area contributed by atoms with Crippen molar-refractivity contribution < 1.29 is 9.84 Å². The van der Waals surface area contributed by atoms with Crippen LogP contribution in [0.2, 0.25) is 0 Å². The number of benzene rings is 1. The van der Waals surface area contributed by atoms with Crippen molar-refractivity contribution in [3.05, 3.63) is 29.8 Å². The number of ether oxygens (including phenoxy) is 1. The van der Waals surface area contributed by atoms with Gasteiger partial charge in [0, 0.05) is 0 Å². The van der Waals surface area contributed by atoms with Crippen LogP contribution in [0, 0.1) is 12.8 Å². The molecule has 0 amide bonds. The van der Waals surface area contributed by atoms with E-state index in [1.54, 1.807) is 0 Å². The summed E-state index contributed by atoms with van der Waals surface area (Å²) in [5.41, 5.74) is 1.18. The highest BCUT2D eigenvalue weighted by Crippen LogP contribution is 2.32. The van der Waals surface area contributed by atoms with E-state index in [1.165, 1.54) is 5.56 Å². The molecule has 1 atom stereocenters. The Bertz CT molecular complexity index is 305. The molecule has 0 aromatic heterocycles. The summed E-state index contributed by atoms with van der Waals surface area (Å²) >= 11 is 0. The zero-order valence-corrected chi connectivity index (χ0v) is 8.44. The molecule has 0 heterocycles. The summed E-state index contributed by atoms with van der Waals surface area (Å²) in [6.45, 7) is 2.46. The van der Waals surface area contributed by atoms with Gasteiger partial charge in [0.1, 0.15) is 12.4 Å². The fourth-order valence-corrected chi connectivity index (χ4v) is 1.50. The molecule has 0 aliphatic heterocycles. The number of aryl methyl sites for hydroxylation is 1. The minimum Gasteiger partial charge on any atom is -0.491 e. The van der Waals surface area contributed by atoms with Crippen LogP contribution < -0.4 is 4.74 Å². The smallest absolute Gasteiger partial charge is 0.119 e. The van der Waals surface area contributed by atoms with Crippen LogP contribution >= 0.6 is 0 Å². The number of hydrogen-bond donors (Lipinski definition) is 1. The van der Waals surface area contributed by atoms with Crippen molar-refractivity contribution >= 4 is 0 Å². The highest BCUT2D eigenvalue weighted by atomic mass is 16.5. The van der Waals surface area contributed by atoms with E-state index in [0.717, 1.165) is 18.6 Å². The standard InChI is InChI=1S/C12H16O2/c1-9-3-2-4-11(7-9)14-8-12(13)10-5-6-10/h2-4,7,10,12-13H,5-6,8H2,1H3. The summed E-state index contributed by atoms with van der Waals surface area (Å²) in [7, 11) is 0. The van der Waals surface area contributed by atoms with Crippen molar-refractivity contribution in [2.24, 2.45) is 5.92 Å². The van der Waals surface area contributed by atoms with Crippen LogP contribution in [0.3, 0.4) is 0 Å². The molecule has 14 heavy (non-hydrogen) atoms. The molecule has 2 heteroatoms. The van der Waals surface area contributed by atoms with Crippen molar-refractivity contribution in [3.63, 3.8) is 0 Å². The van der Waals surface area contributed by atoms with Gasteiger partial charge in [-0.25, -0.2) is 0 Å². The van der Waals surface area contributed by atoms with Crippen LogP contribution in [-0.2, 0) is 0 Å². The maximum absolute atomic E-state index is 9.59. The number of aliphatic hydroxyl groups is 1. The summed E-state index contributed by atoms with van der Waals surface area (Å²) in [5.74, 6) is 1.34. The lowest BCUT2D eigenvalue weighted by Crippen LogP contribution is -2.19. The lowest BCUT2D eigenvalue weighted by atomic mass is 10.2. The Morgan fingerprint density at radius 2 is 2.29 bits per heavy atom. The zero-order chi connectivity index (χ0) is 9.97. The van der Waals surface area contributed by atoms with E-state index < -0.39 is 0 Å². The van der Waals surface area contributed by atoms with Crippen molar-refractivity contribution in [2.45, 2.75) is 25.9 Å². The van der Waals surface area contributed by atoms with E-state index in [1.807, 2.05) is 31.2 Å². The van der Waals surface area contributed by atoms with Gasteiger partial charge in [0.2, 0.25) is 0 Å². The molecule has 1 aromatic rings. The van der Waals surface area contributed by atoms with Gasteiger partial charge in [-0.05, 0) is 43.4 Å². The molecule has 2 rings (SSSR count). The minimum atomic E-state index is -0.282. The van der Waals surface area contributed by atoms with E-state index in [0.29, 0.717) is 12.5 Å². The highest BCUT2D eigenvalue weighted by Gasteiger charge is 2.29. The molecule has 0 radical (unpaired) electrons. The predicted octanol–water partition coefficient (Wildman–Crippen LogP) is 2.14. The molecule has 1 N–H and O–H groups in total.